The normalized spacial score (nSPS) is 11.4. The highest BCUT2D eigenvalue weighted by atomic mass is 19.4. The fraction of sp³-hybridized carbons (Fsp3) is 0.190. The summed E-state index contributed by atoms with van der Waals surface area (Å²) >= 11 is 0. The van der Waals surface area contributed by atoms with Gasteiger partial charge in [-0.25, -0.2) is 14.6 Å². The van der Waals surface area contributed by atoms with Gasteiger partial charge in [-0.1, -0.05) is 12.1 Å². The molecule has 0 spiro atoms. The van der Waals surface area contributed by atoms with E-state index in [1.54, 1.807) is 31.3 Å². The Morgan fingerprint density at radius 1 is 1.09 bits per heavy atom. The summed E-state index contributed by atoms with van der Waals surface area (Å²) < 4.78 is 42.5. The van der Waals surface area contributed by atoms with Gasteiger partial charge < -0.3 is 10.4 Å². The molecule has 0 unspecified atom stereocenters. The first-order chi connectivity index (χ1) is 15.6. The average molecular weight is 454 g/mol. The third-order valence-corrected chi connectivity index (χ3v) is 5.00. The lowest BCUT2D eigenvalue weighted by Crippen LogP contribution is -2.09. The van der Waals surface area contributed by atoms with E-state index in [0.717, 1.165) is 4.68 Å². The summed E-state index contributed by atoms with van der Waals surface area (Å²) in [5, 5.41) is 30.8. The number of benzene rings is 1. The Morgan fingerprint density at radius 2 is 1.79 bits per heavy atom. The Kier molecular flexibility index (Phi) is 5.25. The van der Waals surface area contributed by atoms with Gasteiger partial charge in [0.15, 0.2) is 17.4 Å². The number of aromatic nitrogens is 6. The van der Waals surface area contributed by atoms with Crippen molar-refractivity contribution in [1.29, 1.82) is 5.26 Å². The highest BCUT2D eigenvalue weighted by molar-refractivity contribution is 5.75. The molecule has 1 aromatic carbocycles. The average Bonchev–Trinajstić information content (AvgIpc) is 3.22. The number of nitrogens with one attached hydrogen (secondary N) is 1. The minimum atomic E-state index is -4.54. The summed E-state index contributed by atoms with van der Waals surface area (Å²) in [7, 11) is 1.64. The van der Waals surface area contributed by atoms with Gasteiger partial charge in [0.2, 0.25) is 0 Å². The molecular weight excluding hydrogens is 437 g/mol. The molecule has 4 aromatic rings. The monoisotopic (exact) mass is 454 g/mol. The Morgan fingerprint density at radius 3 is 2.39 bits per heavy atom. The van der Waals surface area contributed by atoms with Crippen LogP contribution in [0.5, 0.6) is 5.75 Å². The quantitative estimate of drug-likeness (QED) is 0.478. The second-order valence-electron chi connectivity index (χ2n) is 7.20. The minimum Gasteiger partial charge on any atom is -0.503 e. The van der Waals surface area contributed by atoms with E-state index in [2.05, 4.69) is 25.5 Å². The van der Waals surface area contributed by atoms with Crippen molar-refractivity contribution in [2.24, 2.45) is 7.05 Å². The van der Waals surface area contributed by atoms with Crippen molar-refractivity contribution in [3.63, 3.8) is 0 Å². The third kappa shape index (κ3) is 3.96. The first-order valence-corrected chi connectivity index (χ1v) is 9.59. The molecular formula is C21H17F3N8O. The highest BCUT2D eigenvalue weighted by Crippen LogP contribution is 2.37. The zero-order chi connectivity index (χ0) is 23.9. The number of hydrogen-bond acceptors (Lipinski definition) is 7. The Balaban J connectivity index is 1.67. The molecule has 0 saturated carbocycles. The number of aromatic hydroxyl groups is 1. The summed E-state index contributed by atoms with van der Waals surface area (Å²) in [4.78, 5) is 8.09. The molecule has 0 fully saturated rings. The molecule has 33 heavy (non-hydrogen) atoms. The van der Waals surface area contributed by atoms with E-state index in [1.807, 2.05) is 6.07 Å². The van der Waals surface area contributed by atoms with Gasteiger partial charge in [-0.05, 0) is 26.0 Å². The second kappa shape index (κ2) is 7.94. The van der Waals surface area contributed by atoms with Crippen LogP contribution in [0, 0.1) is 25.2 Å². The van der Waals surface area contributed by atoms with Crippen LogP contribution >= 0.6 is 0 Å². The van der Waals surface area contributed by atoms with Gasteiger partial charge in [0.05, 0.1) is 28.6 Å². The topological polar surface area (TPSA) is 117 Å². The molecule has 9 nitrogen and oxygen atoms in total. The highest BCUT2D eigenvalue weighted by Gasteiger charge is 2.37. The van der Waals surface area contributed by atoms with Gasteiger partial charge in [0, 0.05) is 18.7 Å². The number of anilines is 2. The number of aryl methyl sites for hydroxylation is 2. The van der Waals surface area contributed by atoms with E-state index in [0.29, 0.717) is 16.8 Å². The van der Waals surface area contributed by atoms with Crippen LogP contribution in [0.1, 0.15) is 22.5 Å². The van der Waals surface area contributed by atoms with Crippen LogP contribution in [-0.4, -0.2) is 34.6 Å². The molecule has 0 atom stereocenters. The maximum absolute atomic E-state index is 13.3. The second-order valence-corrected chi connectivity index (χ2v) is 7.20. The SMILES string of the molecule is Cc1nn(-c2cc(Nc3nn(C)c(-c4ccc(C#N)cc4)c3O)ncn2)c(C)c1C(F)(F)F. The lowest BCUT2D eigenvalue weighted by molar-refractivity contribution is -0.138. The molecule has 0 saturated heterocycles. The molecule has 2 N–H and O–H groups in total. The van der Waals surface area contributed by atoms with Gasteiger partial charge in [-0.15, -0.1) is 0 Å². The Hall–Kier alpha value is -4.40. The van der Waals surface area contributed by atoms with Crippen molar-refractivity contribution in [3.05, 3.63) is 59.2 Å². The molecule has 0 aliphatic carbocycles. The van der Waals surface area contributed by atoms with Crippen molar-refractivity contribution in [3.8, 4) is 28.9 Å². The fourth-order valence-electron chi connectivity index (χ4n) is 3.55. The number of alkyl halides is 3. The van der Waals surface area contributed by atoms with Gasteiger partial charge in [0.25, 0.3) is 0 Å². The predicted octanol–water partition coefficient (Wildman–Crippen LogP) is 4.02. The van der Waals surface area contributed by atoms with Crippen LogP contribution in [0.25, 0.3) is 17.1 Å². The van der Waals surface area contributed by atoms with Crippen LogP contribution in [0.4, 0.5) is 24.8 Å². The van der Waals surface area contributed by atoms with Crippen LogP contribution < -0.4 is 5.32 Å². The number of nitriles is 1. The van der Waals surface area contributed by atoms with Crippen LogP contribution in [0.3, 0.4) is 0 Å². The zero-order valence-corrected chi connectivity index (χ0v) is 17.7. The third-order valence-electron chi connectivity index (χ3n) is 5.00. The molecule has 3 heterocycles. The molecule has 4 rings (SSSR count). The smallest absolute Gasteiger partial charge is 0.419 e. The van der Waals surface area contributed by atoms with Crippen molar-refractivity contribution in [1.82, 2.24) is 29.5 Å². The Labute approximate surface area is 185 Å². The standard InChI is InChI=1S/C21H17F3N8O/c1-11-17(21(22,23)24)12(2)32(29-11)16-8-15(26-10-27-16)28-20-19(33)18(31(3)30-20)14-6-4-13(9-25)5-7-14/h4-8,10,33H,1-3H3,(H,26,27,28,30). The number of halogens is 3. The molecule has 0 aliphatic heterocycles. The molecule has 12 heteroatoms. The van der Waals surface area contributed by atoms with E-state index in [4.69, 9.17) is 5.26 Å². The van der Waals surface area contributed by atoms with Crippen molar-refractivity contribution < 1.29 is 18.3 Å². The lowest BCUT2D eigenvalue weighted by Gasteiger charge is -2.08. The largest absolute Gasteiger partial charge is 0.503 e. The summed E-state index contributed by atoms with van der Waals surface area (Å²) in [6.45, 7) is 2.59. The lowest BCUT2D eigenvalue weighted by atomic mass is 10.1. The Bertz CT molecular complexity index is 1380. The fourth-order valence-corrected chi connectivity index (χ4v) is 3.55. The summed E-state index contributed by atoms with van der Waals surface area (Å²) in [5.74, 6) is 0.242. The molecule has 168 valence electrons. The predicted molar refractivity (Wildman–Crippen MR) is 112 cm³/mol. The first-order valence-electron chi connectivity index (χ1n) is 9.59. The van der Waals surface area contributed by atoms with Crippen LogP contribution in [0.2, 0.25) is 0 Å². The summed E-state index contributed by atoms with van der Waals surface area (Å²) in [5.41, 5.74) is 0.441. The maximum atomic E-state index is 13.3. The van der Waals surface area contributed by atoms with E-state index >= 15 is 0 Å². The zero-order valence-electron chi connectivity index (χ0n) is 17.7. The van der Waals surface area contributed by atoms with Crippen molar-refractivity contribution in [2.75, 3.05) is 5.32 Å². The molecule has 3 aromatic heterocycles. The minimum absolute atomic E-state index is 0.0888. The van der Waals surface area contributed by atoms with Crippen molar-refractivity contribution >= 4 is 11.6 Å². The number of hydrogen-bond donors (Lipinski definition) is 2. The van der Waals surface area contributed by atoms with Gasteiger partial charge in [-0.3, -0.25) is 4.68 Å². The van der Waals surface area contributed by atoms with E-state index in [1.165, 1.54) is 30.9 Å². The molecule has 0 aliphatic rings. The summed E-state index contributed by atoms with van der Waals surface area (Å²) in [6.07, 6.45) is -3.37. The van der Waals surface area contributed by atoms with E-state index in [9.17, 15) is 18.3 Å². The maximum Gasteiger partial charge on any atom is 0.419 e. The van der Waals surface area contributed by atoms with E-state index < -0.39 is 11.7 Å². The molecule has 0 bridgehead atoms. The molecule has 0 radical (unpaired) electrons. The van der Waals surface area contributed by atoms with E-state index in [-0.39, 0.29) is 34.6 Å². The van der Waals surface area contributed by atoms with Gasteiger partial charge >= 0.3 is 6.18 Å². The van der Waals surface area contributed by atoms with Crippen molar-refractivity contribution in [2.45, 2.75) is 20.0 Å². The van der Waals surface area contributed by atoms with Crippen LogP contribution in [0.15, 0.2) is 36.7 Å². The van der Waals surface area contributed by atoms with Crippen LogP contribution in [-0.2, 0) is 13.2 Å². The summed E-state index contributed by atoms with van der Waals surface area (Å²) in [6, 6.07) is 10.0. The first kappa shape index (κ1) is 21.8. The van der Waals surface area contributed by atoms with Gasteiger partial charge in [0.1, 0.15) is 17.8 Å². The van der Waals surface area contributed by atoms with Gasteiger partial charge in [-0.2, -0.15) is 28.6 Å². The number of rotatable bonds is 4. The number of nitrogens with zero attached hydrogens (tertiary/aromatic N) is 7. The molecule has 0 amide bonds.